The van der Waals surface area contributed by atoms with Crippen LogP contribution in [0.2, 0.25) is 0 Å². The number of carbonyl (C=O) groups excluding carboxylic acids is 3. The lowest BCUT2D eigenvalue weighted by molar-refractivity contribution is -0.137. The highest BCUT2D eigenvalue weighted by Gasteiger charge is 2.47. The normalized spacial score (nSPS) is 27.4. The summed E-state index contributed by atoms with van der Waals surface area (Å²) in [5, 5.41) is 3.33. The molecule has 9 nitrogen and oxygen atoms in total. The fourth-order valence-corrected chi connectivity index (χ4v) is 4.08. The zero-order valence-electron chi connectivity index (χ0n) is 17.5. The van der Waals surface area contributed by atoms with E-state index >= 15 is 0 Å². The molecule has 4 rings (SSSR count). The van der Waals surface area contributed by atoms with Gasteiger partial charge in [0.15, 0.2) is 5.78 Å². The number of nitrogens with zero attached hydrogens (tertiary/aromatic N) is 3. The molecule has 4 aliphatic rings. The number of amides is 2. The topological polar surface area (TPSA) is 108 Å². The molecule has 0 aromatic rings. The summed E-state index contributed by atoms with van der Waals surface area (Å²) in [6.45, 7) is 6.05. The lowest BCUT2D eigenvalue weighted by Gasteiger charge is -2.38. The van der Waals surface area contributed by atoms with E-state index in [-0.39, 0.29) is 30.0 Å². The summed E-state index contributed by atoms with van der Waals surface area (Å²) >= 11 is 0. The fourth-order valence-electron chi connectivity index (χ4n) is 4.08. The van der Waals surface area contributed by atoms with Crippen LogP contribution in [-0.2, 0) is 14.3 Å². The molecule has 3 aliphatic heterocycles. The first-order valence-corrected chi connectivity index (χ1v) is 10.3. The molecule has 0 spiro atoms. The fraction of sp³-hybridized carbons (Fsp3) is 0.650. The first kappa shape index (κ1) is 20.6. The number of carbonyl (C=O) groups is 3. The van der Waals surface area contributed by atoms with E-state index in [4.69, 9.17) is 10.5 Å². The highest BCUT2D eigenvalue weighted by Crippen LogP contribution is 2.38. The average molecular weight is 421 g/mol. The lowest BCUT2D eigenvalue weighted by atomic mass is 9.94. The van der Waals surface area contributed by atoms with E-state index in [1.807, 2.05) is 0 Å². The molecule has 3 heterocycles. The molecule has 0 aromatic heterocycles. The molecule has 2 atom stereocenters. The van der Waals surface area contributed by atoms with E-state index in [9.17, 15) is 18.9 Å². The summed E-state index contributed by atoms with van der Waals surface area (Å²) in [5.74, 6) is -0.658. The SMILES string of the molecule is CC(C)(C)OC(=O)NC1CCN(C2=CC3=C(CN2F)C(=O)C(N)C(=O)N3C2CC2)C1. The maximum atomic E-state index is 14.9. The Balaban J connectivity index is 1.52. The number of nitrogens with one attached hydrogen (secondary N) is 1. The van der Waals surface area contributed by atoms with Gasteiger partial charge in [-0.2, -0.15) is 5.12 Å². The first-order valence-electron chi connectivity index (χ1n) is 10.3. The van der Waals surface area contributed by atoms with Crippen LogP contribution in [0.15, 0.2) is 23.2 Å². The Morgan fingerprint density at radius 3 is 2.60 bits per heavy atom. The summed E-state index contributed by atoms with van der Waals surface area (Å²) in [7, 11) is 0. The predicted molar refractivity (Wildman–Crippen MR) is 105 cm³/mol. The molecule has 0 bridgehead atoms. The van der Waals surface area contributed by atoms with E-state index in [1.54, 1.807) is 36.6 Å². The summed E-state index contributed by atoms with van der Waals surface area (Å²) in [6, 6.07) is -1.43. The number of hydrogen-bond acceptors (Lipinski definition) is 7. The van der Waals surface area contributed by atoms with Crippen molar-refractivity contribution in [3.05, 3.63) is 23.2 Å². The summed E-state index contributed by atoms with van der Waals surface area (Å²) < 4.78 is 20.2. The molecular weight excluding hydrogens is 393 g/mol. The maximum absolute atomic E-state index is 14.9. The van der Waals surface area contributed by atoms with Gasteiger partial charge in [0.05, 0.1) is 18.3 Å². The quantitative estimate of drug-likeness (QED) is 0.512. The third-order valence-corrected chi connectivity index (χ3v) is 5.61. The van der Waals surface area contributed by atoms with Crippen LogP contribution in [0.3, 0.4) is 0 Å². The van der Waals surface area contributed by atoms with Crippen molar-refractivity contribution in [2.75, 3.05) is 19.6 Å². The van der Waals surface area contributed by atoms with Gasteiger partial charge in [0, 0.05) is 30.8 Å². The number of Topliss-reactive ketones (excluding diaryl/α,β-unsaturated/α-hetero) is 1. The molecule has 2 fully saturated rings. The van der Waals surface area contributed by atoms with Gasteiger partial charge >= 0.3 is 6.09 Å². The van der Waals surface area contributed by atoms with E-state index in [1.165, 1.54) is 0 Å². The number of halogens is 1. The lowest BCUT2D eigenvalue weighted by Crippen LogP contribution is -2.55. The van der Waals surface area contributed by atoms with Crippen molar-refractivity contribution in [1.29, 1.82) is 0 Å². The van der Waals surface area contributed by atoms with E-state index in [0.717, 1.165) is 12.8 Å². The minimum absolute atomic E-state index is 0.0190. The van der Waals surface area contributed by atoms with E-state index in [0.29, 0.717) is 30.3 Å². The van der Waals surface area contributed by atoms with Crippen LogP contribution in [0.25, 0.3) is 0 Å². The Labute approximate surface area is 174 Å². The third-order valence-electron chi connectivity index (χ3n) is 5.61. The molecule has 1 saturated heterocycles. The van der Waals surface area contributed by atoms with Gasteiger partial charge in [-0.3, -0.25) is 9.59 Å². The molecule has 2 unspecified atom stereocenters. The van der Waals surface area contributed by atoms with Crippen LogP contribution < -0.4 is 11.1 Å². The Morgan fingerprint density at radius 2 is 1.97 bits per heavy atom. The van der Waals surface area contributed by atoms with E-state index < -0.39 is 29.4 Å². The Hall–Kier alpha value is -2.62. The number of nitrogens with two attached hydrogens (primary N) is 1. The smallest absolute Gasteiger partial charge is 0.407 e. The standard InChI is InChI=1S/C20H28FN5O4/c1-20(2,3)30-19(29)23-11-6-7-24(9-11)15-8-14-13(10-25(15)21)17(27)16(22)18(28)26(14)12-4-5-12/h8,11-12,16H,4-7,9-10,22H2,1-3H3,(H,23,29). The van der Waals surface area contributed by atoms with Crippen LogP contribution in [0.1, 0.15) is 40.0 Å². The third kappa shape index (κ3) is 3.88. The van der Waals surface area contributed by atoms with Crippen LogP contribution >= 0.6 is 0 Å². The minimum Gasteiger partial charge on any atom is -0.444 e. The number of ketones is 1. The Kier molecular flexibility index (Phi) is 5.00. The minimum atomic E-state index is -1.26. The predicted octanol–water partition coefficient (Wildman–Crippen LogP) is 0.782. The van der Waals surface area contributed by atoms with Crippen LogP contribution in [0, 0.1) is 0 Å². The zero-order chi connectivity index (χ0) is 21.8. The molecule has 0 radical (unpaired) electrons. The van der Waals surface area contributed by atoms with Crippen molar-refractivity contribution in [2.24, 2.45) is 5.73 Å². The van der Waals surface area contributed by atoms with Crippen molar-refractivity contribution in [3.63, 3.8) is 0 Å². The number of ether oxygens (including phenoxy) is 1. The van der Waals surface area contributed by atoms with Crippen LogP contribution in [0.4, 0.5) is 9.28 Å². The monoisotopic (exact) mass is 421 g/mol. The van der Waals surface area contributed by atoms with Gasteiger partial charge in [0.1, 0.15) is 17.5 Å². The van der Waals surface area contributed by atoms with Crippen molar-refractivity contribution < 1.29 is 23.6 Å². The second-order valence-corrected chi connectivity index (χ2v) is 9.25. The van der Waals surface area contributed by atoms with Gasteiger partial charge in [-0.05, 0) is 40.0 Å². The van der Waals surface area contributed by atoms with Crippen LogP contribution in [-0.4, -0.2) is 76.1 Å². The van der Waals surface area contributed by atoms with Crippen molar-refractivity contribution in [2.45, 2.75) is 63.8 Å². The number of alkyl carbamates (subject to hydrolysis) is 1. The number of hydrogen-bond donors (Lipinski definition) is 2. The molecular formula is C20H28FN5O4. The number of likely N-dealkylation sites (tertiary alicyclic amines) is 1. The second-order valence-electron chi connectivity index (χ2n) is 9.25. The Morgan fingerprint density at radius 1 is 1.27 bits per heavy atom. The van der Waals surface area contributed by atoms with Gasteiger partial charge in [-0.25, -0.2) is 4.79 Å². The molecule has 30 heavy (non-hydrogen) atoms. The molecule has 2 amide bonds. The van der Waals surface area contributed by atoms with E-state index in [2.05, 4.69) is 5.32 Å². The molecule has 3 N–H and O–H groups in total. The van der Waals surface area contributed by atoms with Gasteiger partial charge in [0.2, 0.25) is 0 Å². The summed E-state index contributed by atoms with van der Waals surface area (Å²) in [6.07, 6.45) is 3.38. The van der Waals surface area contributed by atoms with Gasteiger partial charge in [0.25, 0.3) is 5.91 Å². The van der Waals surface area contributed by atoms with Gasteiger partial charge in [-0.15, -0.1) is 0 Å². The highest BCUT2D eigenvalue weighted by atomic mass is 19.2. The summed E-state index contributed by atoms with van der Waals surface area (Å²) in [4.78, 5) is 40.5. The molecule has 1 aliphatic carbocycles. The largest absolute Gasteiger partial charge is 0.444 e. The summed E-state index contributed by atoms with van der Waals surface area (Å²) in [5.41, 5.74) is 5.90. The first-order chi connectivity index (χ1) is 14.0. The number of rotatable bonds is 3. The maximum Gasteiger partial charge on any atom is 0.407 e. The van der Waals surface area contributed by atoms with Crippen molar-refractivity contribution in [1.82, 2.24) is 20.2 Å². The highest BCUT2D eigenvalue weighted by molar-refractivity contribution is 6.17. The average Bonchev–Trinajstić information content (AvgIpc) is 3.37. The van der Waals surface area contributed by atoms with Crippen LogP contribution in [0.5, 0.6) is 0 Å². The molecule has 164 valence electrons. The van der Waals surface area contributed by atoms with Crippen molar-refractivity contribution >= 4 is 17.8 Å². The van der Waals surface area contributed by atoms with Gasteiger partial charge in [-0.1, -0.05) is 4.48 Å². The zero-order valence-corrected chi connectivity index (χ0v) is 17.5. The Bertz CT molecular complexity index is 845. The van der Waals surface area contributed by atoms with Crippen molar-refractivity contribution in [3.8, 4) is 0 Å². The molecule has 1 saturated carbocycles. The number of allylic oxidation sites excluding steroid dienone is 1. The van der Waals surface area contributed by atoms with Gasteiger partial charge < -0.3 is 25.6 Å². The second kappa shape index (κ2) is 7.26. The molecule has 10 heteroatoms. The molecule has 0 aromatic carbocycles.